The molecule has 0 radical (unpaired) electrons. The smallest absolute Gasteiger partial charge is 0.274 e. The van der Waals surface area contributed by atoms with Crippen molar-refractivity contribution in [2.24, 2.45) is 5.73 Å². The SMILES string of the molecule is NCc1ccnc(C(=O)Nc2c[nH]c3ccccc23)c1. The molecule has 0 atom stereocenters. The first-order valence-electron chi connectivity index (χ1n) is 6.30. The van der Waals surface area contributed by atoms with Crippen LogP contribution in [0.5, 0.6) is 0 Å². The highest BCUT2D eigenvalue weighted by molar-refractivity contribution is 6.08. The molecule has 2 aromatic heterocycles. The molecule has 0 saturated carbocycles. The number of nitrogens with zero attached hydrogens (tertiary/aromatic N) is 1. The van der Waals surface area contributed by atoms with Crippen molar-refractivity contribution in [3.8, 4) is 0 Å². The van der Waals surface area contributed by atoms with Crippen molar-refractivity contribution in [1.29, 1.82) is 0 Å². The van der Waals surface area contributed by atoms with E-state index in [1.165, 1.54) is 0 Å². The molecule has 5 nitrogen and oxygen atoms in total. The number of anilines is 1. The van der Waals surface area contributed by atoms with E-state index in [2.05, 4.69) is 15.3 Å². The first kappa shape index (κ1) is 12.4. The third-order valence-electron chi connectivity index (χ3n) is 3.13. The number of carbonyl (C=O) groups excluding carboxylic acids is 1. The molecule has 0 aliphatic carbocycles. The number of H-pyrrole nitrogens is 1. The van der Waals surface area contributed by atoms with E-state index in [4.69, 9.17) is 5.73 Å². The van der Waals surface area contributed by atoms with E-state index in [9.17, 15) is 4.79 Å². The van der Waals surface area contributed by atoms with Gasteiger partial charge in [0.05, 0.1) is 5.69 Å². The Morgan fingerprint density at radius 1 is 1.30 bits per heavy atom. The molecule has 1 amide bonds. The molecule has 0 aliphatic rings. The van der Waals surface area contributed by atoms with Crippen molar-refractivity contribution < 1.29 is 4.79 Å². The zero-order valence-corrected chi connectivity index (χ0v) is 10.8. The normalized spacial score (nSPS) is 10.7. The second-order valence-corrected chi connectivity index (χ2v) is 4.46. The van der Waals surface area contributed by atoms with Crippen molar-refractivity contribution >= 4 is 22.5 Å². The molecular weight excluding hydrogens is 252 g/mol. The number of aromatic nitrogens is 2. The van der Waals surface area contributed by atoms with Gasteiger partial charge >= 0.3 is 0 Å². The number of nitrogens with two attached hydrogens (primary N) is 1. The highest BCUT2D eigenvalue weighted by Crippen LogP contribution is 2.22. The standard InChI is InChI=1S/C15H14N4O/c16-8-10-5-6-17-13(7-10)15(20)19-14-9-18-12-4-2-1-3-11(12)14/h1-7,9,18H,8,16H2,(H,19,20). The van der Waals surface area contributed by atoms with Crippen molar-refractivity contribution in [2.75, 3.05) is 5.32 Å². The van der Waals surface area contributed by atoms with Crippen LogP contribution in [0.2, 0.25) is 0 Å². The average molecular weight is 266 g/mol. The third kappa shape index (κ3) is 2.26. The zero-order chi connectivity index (χ0) is 13.9. The maximum absolute atomic E-state index is 12.2. The van der Waals surface area contributed by atoms with Gasteiger partial charge in [0.25, 0.3) is 5.91 Å². The highest BCUT2D eigenvalue weighted by Gasteiger charge is 2.10. The fourth-order valence-corrected chi connectivity index (χ4v) is 2.09. The van der Waals surface area contributed by atoms with Crippen LogP contribution in [0.15, 0.2) is 48.8 Å². The summed E-state index contributed by atoms with van der Waals surface area (Å²) in [5.74, 6) is -0.245. The van der Waals surface area contributed by atoms with Crippen LogP contribution in [0.1, 0.15) is 16.1 Å². The topological polar surface area (TPSA) is 83.8 Å². The van der Waals surface area contributed by atoms with Gasteiger partial charge in [0.2, 0.25) is 0 Å². The average Bonchev–Trinajstić information content (AvgIpc) is 2.90. The van der Waals surface area contributed by atoms with Crippen LogP contribution in [0, 0.1) is 0 Å². The minimum absolute atomic E-state index is 0.245. The summed E-state index contributed by atoms with van der Waals surface area (Å²) < 4.78 is 0. The number of nitrogens with one attached hydrogen (secondary N) is 2. The molecule has 0 saturated heterocycles. The predicted molar refractivity (Wildman–Crippen MR) is 78.4 cm³/mol. The molecule has 1 aromatic carbocycles. The van der Waals surface area contributed by atoms with Gasteiger partial charge in [-0.2, -0.15) is 0 Å². The lowest BCUT2D eigenvalue weighted by molar-refractivity contribution is 0.102. The Balaban J connectivity index is 1.88. The number of amides is 1. The van der Waals surface area contributed by atoms with Gasteiger partial charge in [0.1, 0.15) is 5.69 Å². The monoisotopic (exact) mass is 266 g/mol. The van der Waals surface area contributed by atoms with Crippen molar-refractivity contribution in [3.63, 3.8) is 0 Å². The highest BCUT2D eigenvalue weighted by atomic mass is 16.1. The lowest BCUT2D eigenvalue weighted by Gasteiger charge is -2.04. The number of carbonyl (C=O) groups is 1. The molecule has 4 N–H and O–H groups in total. The van der Waals surface area contributed by atoms with Crippen LogP contribution in [-0.4, -0.2) is 15.9 Å². The molecule has 3 rings (SSSR count). The Bertz CT molecular complexity index is 763. The summed E-state index contributed by atoms with van der Waals surface area (Å²) in [5.41, 5.74) is 8.52. The van der Waals surface area contributed by atoms with E-state index in [-0.39, 0.29) is 5.91 Å². The van der Waals surface area contributed by atoms with Gasteiger partial charge in [-0.25, -0.2) is 0 Å². The first-order valence-corrected chi connectivity index (χ1v) is 6.30. The van der Waals surface area contributed by atoms with Gasteiger partial charge in [0, 0.05) is 29.8 Å². The molecule has 0 bridgehead atoms. The van der Waals surface area contributed by atoms with Crippen molar-refractivity contribution in [3.05, 3.63) is 60.0 Å². The number of hydrogen-bond acceptors (Lipinski definition) is 3. The van der Waals surface area contributed by atoms with Gasteiger partial charge in [-0.3, -0.25) is 9.78 Å². The van der Waals surface area contributed by atoms with E-state index in [0.29, 0.717) is 12.2 Å². The fraction of sp³-hybridized carbons (Fsp3) is 0.0667. The molecule has 0 spiro atoms. The van der Waals surface area contributed by atoms with E-state index in [0.717, 1.165) is 22.2 Å². The van der Waals surface area contributed by atoms with Crippen LogP contribution in [0.25, 0.3) is 10.9 Å². The minimum Gasteiger partial charge on any atom is -0.359 e. The predicted octanol–water partition coefficient (Wildman–Crippen LogP) is 2.27. The van der Waals surface area contributed by atoms with Crippen LogP contribution in [0.3, 0.4) is 0 Å². The van der Waals surface area contributed by atoms with Crippen LogP contribution < -0.4 is 11.1 Å². The summed E-state index contributed by atoms with van der Waals surface area (Å²) in [6, 6.07) is 11.3. The Kier molecular flexibility index (Phi) is 3.18. The molecule has 20 heavy (non-hydrogen) atoms. The van der Waals surface area contributed by atoms with E-state index in [1.54, 1.807) is 24.5 Å². The van der Waals surface area contributed by atoms with Gasteiger partial charge < -0.3 is 16.0 Å². The van der Waals surface area contributed by atoms with Crippen LogP contribution in [-0.2, 0) is 6.54 Å². The summed E-state index contributed by atoms with van der Waals surface area (Å²) >= 11 is 0. The number of hydrogen-bond donors (Lipinski definition) is 3. The molecule has 0 unspecified atom stereocenters. The number of rotatable bonds is 3. The molecular formula is C15H14N4O. The Labute approximate surface area is 115 Å². The van der Waals surface area contributed by atoms with E-state index < -0.39 is 0 Å². The Hall–Kier alpha value is -2.66. The van der Waals surface area contributed by atoms with Crippen LogP contribution >= 0.6 is 0 Å². The van der Waals surface area contributed by atoms with Gasteiger partial charge in [-0.05, 0) is 23.8 Å². The lowest BCUT2D eigenvalue weighted by atomic mass is 10.2. The lowest BCUT2D eigenvalue weighted by Crippen LogP contribution is -2.14. The summed E-state index contributed by atoms with van der Waals surface area (Å²) in [6.07, 6.45) is 3.36. The maximum Gasteiger partial charge on any atom is 0.274 e. The summed E-state index contributed by atoms with van der Waals surface area (Å²) in [5, 5.41) is 3.83. The zero-order valence-electron chi connectivity index (χ0n) is 10.8. The Morgan fingerprint density at radius 2 is 2.15 bits per heavy atom. The summed E-state index contributed by atoms with van der Waals surface area (Å²) in [4.78, 5) is 19.4. The molecule has 100 valence electrons. The number of para-hydroxylation sites is 1. The quantitative estimate of drug-likeness (QED) is 0.680. The second-order valence-electron chi connectivity index (χ2n) is 4.46. The van der Waals surface area contributed by atoms with Gasteiger partial charge in [-0.15, -0.1) is 0 Å². The summed E-state index contributed by atoms with van der Waals surface area (Å²) in [7, 11) is 0. The molecule has 3 aromatic rings. The van der Waals surface area contributed by atoms with Gasteiger partial charge in [0.15, 0.2) is 0 Å². The maximum atomic E-state index is 12.2. The number of pyridine rings is 1. The van der Waals surface area contributed by atoms with Crippen molar-refractivity contribution in [2.45, 2.75) is 6.54 Å². The molecule has 5 heteroatoms. The fourth-order valence-electron chi connectivity index (χ4n) is 2.09. The van der Waals surface area contributed by atoms with E-state index in [1.807, 2.05) is 24.3 Å². The van der Waals surface area contributed by atoms with E-state index >= 15 is 0 Å². The number of aromatic amines is 1. The molecule has 0 aliphatic heterocycles. The largest absolute Gasteiger partial charge is 0.359 e. The minimum atomic E-state index is -0.245. The number of benzene rings is 1. The van der Waals surface area contributed by atoms with Crippen LogP contribution in [0.4, 0.5) is 5.69 Å². The van der Waals surface area contributed by atoms with Crippen molar-refractivity contribution in [1.82, 2.24) is 9.97 Å². The molecule has 2 heterocycles. The third-order valence-corrected chi connectivity index (χ3v) is 3.13. The first-order chi connectivity index (χ1) is 9.78. The Morgan fingerprint density at radius 3 is 3.00 bits per heavy atom. The summed E-state index contributed by atoms with van der Waals surface area (Å²) in [6.45, 7) is 0.385. The molecule has 0 fully saturated rings. The number of fused-ring (bicyclic) bond motifs is 1. The second kappa shape index (κ2) is 5.14. The van der Waals surface area contributed by atoms with Gasteiger partial charge in [-0.1, -0.05) is 18.2 Å².